The van der Waals surface area contributed by atoms with E-state index in [2.05, 4.69) is 47.4 Å². The number of hydrogen-bond donors (Lipinski definition) is 0. The van der Waals surface area contributed by atoms with Crippen LogP contribution in [0, 0.1) is 5.92 Å². The molecule has 3 aliphatic heterocycles. The predicted octanol–water partition coefficient (Wildman–Crippen LogP) is 4.33. The third-order valence-electron chi connectivity index (χ3n) is 9.09. The van der Waals surface area contributed by atoms with Gasteiger partial charge < -0.3 is 19.3 Å². The lowest BCUT2D eigenvalue weighted by Gasteiger charge is -2.36. The second kappa shape index (κ2) is 13.1. The summed E-state index contributed by atoms with van der Waals surface area (Å²) < 4.78 is 11.0. The minimum absolute atomic E-state index is 0.0939. The molecule has 3 amide bonds. The molecule has 43 heavy (non-hydrogen) atoms. The van der Waals surface area contributed by atoms with Gasteiger partial charge in [-0.05, 0) is 48.1 Å². The summed E-state index contributed by atoms with van der Waals surface area (Å²) in [6.07, 6.45) is 12.5. The number of allylic oxidation sites excluding steroid dienone is 5. The molecule has 0 saturated carbocycles. The standard InChI is InChI=1S/C33H39ClN4O5/c1-35(31(39)22-38-28-20-27(34)11-12-30(28)43-33(38)41)29(21-36-15-17-42-18-16-36)24-9-7-23(8-10-24)25-5-4-6-26(19-25)32(40)37-13-2-3-14-37/h4-5,7-12,19,26,28-29H,2-3,6,13-18,20-22H2,1H3. The first-order valence-electron chi connectivity index (χ1n) is 15.3. The van der Waals surface area contributed by atoms with E-state index in [1.807, 2.05) is 4.90 Å². The van der Waals surface area contributed by atoms with Gasteiger partial charge in [-0.2, -0.15) is 0 Å². The molecule has 6 rings (SSSR count). The predicted molar refractivity (Wildman–Crippen MR) is 164 cm³/mol. The van der Waals surface area contributed by atoms with Crippen molar-refractivity contribution >= 4 is 35.1 Å². The van der Waals surface area contributed by atoms with Gasteiger partial charge in [0, 0.05) is 51.2 Å². The summed E-state index contributed by atoms with van der Waals surface area (Å²) in [6.45, 7) is 5.17. The molecule has 9 nitrogen and oxygen atoms in total. The normalized spacial score (nSPS) is 24.6. The van der Waals surface area contributed by atoms with Crippen molar-refractivity contribution in [1.29, 1.82) is 0 Å². The third kappa shape index (κ3) is 6.59. The van der Waals surface area contributed by atoms with Crippen molar-refractivity contribution in [2.75, 3.05) is 59.5 Å². The van der Waals surface area contributed by atoms with Crippen LogP contribution in [0.1, 0.15) is 42.9 Å². The summed E-state index contributed by atoms with van der Waals surface area (Å²) in [5.41, 5.74) is 3.09. The topological polar surface area (TPSA) is 82.6 Å². The largest absolute Gasteiger partial charge is 0.416 e. The SMILES string of the molecule is CN(C(=O)CN1C(=O)OC2=CC=C(Cl)CC21)C(CN1CCOCC1)c1ccc(C2=CC(C(=O)N3CCCC3)CC=C2)cc1. The van der Waals surface area contributed by atoms with Crippen LogP contribution in [0.15, 0.2) is 65.4 Å². The van der Waals surface area contributed by atoms with Gasteiger partial charge in [0.2, 0.25) is 11.8 Å². The highest BCUT2D eigenvalue weighted by Gasteiger charge is 2.41. The number of fused-ring (bicyclic) bond motifs is 1. The van der Waals surface area contributed by atoms with E-state index < -0.39 is 6.09 Å². The molecule has 1 aromatic rings. The van der Waals surface area contributed by atoms with Crippen LogP contribution in [-0.2, 0) is 19.1 Å². The average Bonchev–Trinajstić information content (AvgIpc) is 3.68. The number of carbonyl (C=O) groups excluding carboxylic acids is 3. The van der Waals surface area contributed by atoms with E-state index in [1.165, 1.54) is 4.90 Å². The molecule has 10 heteroatoms. The van der Waals surface area contributed by atoms with Crippen LogP contribution < -0.4 is 0 Å². The first-order chi connectivity index (χ1) is 20.9. The molecular weight excluding hydrogens is 568 g/mol. The molecule has 0 N–H and O–H groups in total. The highest BCUT2D eigenvalue weighted by atomic mass is 35.5. The van der Waals surface area contributed by atoms with Gasteiger partial charge in [0.1, 0.15) is 12.3 Å². The van der Waals surface area contributed by atoms with E-state index >= 15 is 0 Å². The highest BCUT2D eigenvalue weighted by Crippen LogP contribution is 2.34. The van der Waals surface area contributed by atoms with Gasteiger partial charge in [0.15, 0.2) is 0 Å². The molecule has 1 aromatic carbocycles. The van der Waals surface area contributed by atoms with Crippen molar-refractivity contribution in [2.45, 2.75) is 37.8 Å². The number of carbonyl (C=O) groups is 3. The smallest absolute Gasteiger partial charge is 0.412 e. The number of likely N-dealkylation sites (tertiary alicyclic amines) is 1. The molecule has 3 atom stereocenters. The molecule has 3 fully saturated rings. The fourth-order valence-electron chi connectivity index (χ4n) is 6.49. The fraction of sp³-hybridized carbons (Fsp3) is 0.485. The first-order valence-corrected chi connectivity index (χ1v) is 15.6. The summed E-state index contributed by atoms with van der Waals surface area (Å²) in [6, 6.07) is 7.69. The number of hydrogen-bond acceptors (Lipinski definition) is 6. The average molecular weight is 607 g/mol. The summed E-state index contributed by atoms with van der Waals surface area (Å²) in [4.78, 5) is 46.9. The Morgan fingerprint density at radius 3 is 2.56 bits per heavy atom. The van der Waals surface area contributed by atoms with Gasteiger partial charge in [0.05, 0.1) is 31.2 Å². The zero-order valence-corrected chi connectivity index (χ0v) is 25.4. The lowest BCUT2D eigenvalue weighted by molar-refractivity contribution is -0.134. The molecule has 3 heterocycles. The Balaban J connectivity index is 1.19. The third-order valence-corrected chi connectivity index (χ3v) is 9.37. The van der Waals surface area contributed by atoms with Gasteiger partial charge in [-0.1, -0.05) is 54.1 Å². The van der Waals surface area contributed by atoms with E-state index in [9.17, 15) is 14.4 Å². The maximum Gasteiger partial charge on any atom is 0.416 e. The Morgan fingerprint density at radius 1 is 1.07 bits per heavy atom. The van der Waals surface area contributed by atoms with Crippen molar-refractivity contribution < 1.29 is 23.9 Å². The number of ether oxygens (including phenoxy) is 2. The van der Waals surface area contributed by atoms with Crippen molar-refractivity contribution in [3.63, 3.8) is 0 Å². The summed E-state index contributed by atoms with van der Waals surface area (Å²) >= 11 is 6.24. The Hall–Kier alpha value is -3.40. The fourth-order valence-corrected chi connectivity index (χ4v) is 6.70. The lowest BCUT2D eigenvalue weighted by Crippen LogP contribution is -2.47. The number of likely N-dealkylation sites (N-methyl/N-ethyl adjacent to an activating group) is 1. The molecule has 228 valence electrons. The highest BCUT2D eigenvalue weighted by molar-refractivity contribution is 6.29. The quantitative estimate of drug-likeness (QED) is 0.438. The molecule has 2 aliphatic carbocycles. The van der Waals surface area contributed by atoms with Crippen molar-refractivity contribution in [3.8, 4) is 0 Å². The Kier molecular flexibility index (Phi) is 9.02. The summed E-state index contributed by atoms with van der Waals surface area (Å²) in [5.74, 6) is 0.448. The van der Waals surface area contributed by atoms with Crippen LogP contribution in [-0.4, -0.2) is 103 Å². The Labute approximate surface area is 258 Å². The molecule has 5 aliphatic rings. The summed E-state index contributed by atoms with van der Waals surface area (Å²) in [5, 5.41) is 0.623. The van der Waals surface area contributed by atoms with E-state index in [-0.39, 0.29) is 36.4 Å². The van der Waals surface area contributed by atoms with Crippen LogP contribution in [0.4, 0.5) is 4.79 Å². The van der Waals surface area contributed by atoms with Crippen LogP contribution in [0.25, 0.3) is 5.57 Å². The Bertz CT molecular complexity index is 1360. The second-order valence-corrected chi connectivity index (χ2v) is 12.3. The number of nitrogens with zero attached hydrogens (tertiary/aromatic N) is 4. The maximum absolute atomic E-state index is 13.7. The van der Waals surface area contributed by atoms with Crippen molar-refractivity contribution in [2.24, 2.45) is 5.92 Å². The minimum Gasteiger partial charge on any atom is -0.412 e. The van der Waals surface area contributed by atoms with Gasteiger partial charge in [-0.3, -0.25) is 19.4 Å². The molecule has 0 radical (unpaired) electrons. The van der Waals surface area contributed by atoms with Crippen LogP contribution in [0.5, 0.6) is 0 Å². The zero-order chi connectivity index (χ0) is 29.9. The minimum atomic E-state index is -0.526. The molecule has 3 saturated heterocycles. The number of morpholine rings is 1. The lowest BCUT2D eigenvalue weighted by atomic mass is 9.90. The first kappa shape index (κ1) is 29.7. The number of benzene rings is 1. The van der Waals surface area contributed by atoms with Crippen molar-refractivity contribution in [1.82, 2.24) is 19.6 Å². The molecule has 3 unspecified atom stereocenters. The van der Waals surface area contributed by atoms with Gasteiger partial charge in [-0.25, -0.2) is 4.79 Å². The number of halogens is 1. The van der Waals surface area contributed by atoms with E-state index in [0.717, 1.165) is 62.1 Å². The monoisotopic (exact) mass is 606 g/mol. The van der Waals surface area contributed by atoms with Crippen LogP contribution >= 0.6 is 11.6 Å². The van der Waals surface area contributed by atoms with E-state index in [0.29, 0.717) is 37.0 Å². The zero-order valence-electron chi connectivity index (χ0n) is 24.6. The second-order valence-electron chi connectivity index (χ2n) is 11.9. The molecule has 0 bridgehead atoms. The molecule has 0 spiro atoms. The van der Waals surface area contributed by atoms with Gasteiger partial charge in [-0.15, -0.1) is 0 Å². The van der Waals surface area contributed by atoms with E-state index in [1.54, 1.807) is 24.1 Å². The van der Waals surface area contributed by atoms with Gasteiger partial charge in [0.25, 0.3) is 0 Å². The summed E-state index contributed by atoms with van der Waals surface area (Å²) in [7, 11) is 1.80. The molecular formula is C33H39ClN4O5. The Morgan fingerprint density at radius 2 is 1.81 bits per heavy atom. The van der Waals surface area contributed by atoms with Crippen LogP contribution in [0.3, 0.4) is 0 Å². The van der Waals surface area contributed by atoms with E-state index in [4.69, 9.17) is 21.1 Å². The van der Waals surface area contributed by atoms with Gasteiger partial charge >= 0.3 is 6.09 Å². The number of rotatable bonds is 8. The van der Waals surface area contributed by atoms with Crippen molar-refractivity contribution in [3.05, 3.63) is 76.6 Å². The maximum atomic E-state index is 13.7. The number of amides is 3. The molecule has 0 aromatic heterocycles. The van der Waals surface area contributed by atoms with Crippen LogP contribution in [0.2, 0.25) is 0 Å².